The van der Waals surface area contributed by atoms with Crippen LogP contribution in [0.15, 0.2) is 78.9 Å². The lowest BCUT2D eigenvalue weighted by atomic mass is 10.1. The van der Waals surface area contributed by atoms with Gasteiger partial charge in [0.1, 0.15) is 0 Å². The molecule has 3 aromatic rings. The number of hydrogen-bond donors (Lipinski definition) is 1. The molecule has 5 nitrogen and oxygen atoms in total. The van der Waals surface area contributed by atoms with Crippen LogP contribution in [0.25, 0.3) is 0 Å². The zero-order chi connectivity index (χ0) is 20.2. The van der Waals surface area contributed by atoms with Crippen LogP contribution in [0, 0.1) is 0 Å². The summed E-state index contributed by atoms with van der Waals surface area (Å²) in [5.74, 6) is -0.955. The molecule has 1 N–H and O–H groups in total. The van der Waals surface area contributed by atoms with Crippen molar-refractivity contribution in [3.8, 4) is 0 Å². The maximum absolute atomic E-state index is 12.8. The molecule has 0 bridgehead atoms. The Balaban J connectivity index is 1.44. The fourth-order valence-electron chi connectivity index (χ4n) is 3.41. The Labute approximate surface area is 169 Å². The molecule has 5 heteroatoms. The topological polar surface area (TPSA) is 66.5 Å². The maximum Gasteiger partial charge on any atom is 0.261 e. The van der Waals surface area contributed by atoms with Gasteiger partial charge in [0.15, 0.2) is 0 Å². The monoisotopic (exact) mass is 384 g/mol. The second-order valence-corrected chi connectivity index (χ2v) is 6.93. The molecule has 144 valence electrons. The van der Waals surface area contributed by atoms with Gasteiger partial charge in [0.2, 0.25) is 0 Å². The van der Waals surface area contributed by atoms with Gasteiger partial charge in [-0.15, -0.1) is 0 Å². The molecular formula is C24H20N2O3. The molecule has 0 aromatic heterocycles. The zero-order valence-corrected chi connectivity index (χ0v) is 15.8. The first-order chi connectivity index (χ1) is 14.1. The van der Waals surface area contributed by atoms with Crippen LogP contribution in [0.1, 0.15) is 42.2 Å². The Morgan fingerprint density at radius 2 is 1.38 bits per heavy atom. The number of rotatable bonds is 6. The highest BCUT2D eigenvalue weighted by atomic mass is 16.2. The predicted molar refractivity (Wildman–Crippen MR) is 110 cm³/mol. The molecule has 0 saturated carbocycles. The van der Waals surface area contributed by atoms with Crippen LogP contribution >= 0.6 is 0 Å². The number of benzene rings is 3. The summed E-state index contributed by atoms with van der Waals surface area (Å²) in [5, 5.41) is 2.87. The highest BCUT2D eigenvalue weighted by molar-refractivity contribution is 6.22. The van der Waals surface area contributed by atoms with Crippen molar-refractivity contribution in [1.82, 2.24) is 10.2 Å². The van der Waals surface area contributed by atoms with Crippen LogP contribution < -0.4 is 5.32 Å². The minimum Gasteiger partial charge on any atom is -0.352 e. The van der Waals surface area contributed by atoms with Crippen LogP contribution in [0.2, 0.25) is 0 Å². The summed E-state index contributed by atoms with van der Waals surface area (Å²) in [6.45, 7) is 0.707. The van der Waals surface area contributed by atoms with Crippen molar-refractivity contribution in [2.45, 2.75) is 13.0 Å². The van der Waals surface area contributed by atoms with E-state index in [9.17, 15) is 14.4 Å². The maximum atomic E-state index is 12.8. The van der Waals surface area contributed by atoms with Crippen molar-refractivity contribution < 1.29 is 14.4 Å². The van der Waals surface area contributed by atoms with Crippen LogP contribution in [-0.4, -0.2) is 29.2 Å². The van der Waals surface area contributed by atoms with Crippen LogP contribution in [0.3, 0.4) is 0 Å². The SMILES string of the molecule is O=C(NCCc1ccccc1)c1ccc2c(c1)C(=O)N(Cc1ccccc1)C2=O. The Morgan fingerprint density at radius 1 is 0.759 bits per heavy atom. The van der Waals surface area contributed by atoms with Gasteiger partial charge in [0.05, 0.1) is 17.7 Å². The summed E-state index contributed by atoms with van der Waals surface area (Å²) in [7, 11) is 0. The lowest BCUT2D eigenvalue weighted by molar-refractivity contribution is 0.0642. The molecule has 0 saturated heterocycles. The molecule has 4 rings (SSSR count). The molecule has 0 spiro atoms. The Hall–Kier alpha value is -3.73. The fraction of sp³-hybridized carbons (Fsp3) is 0.125. The van der Waals surface area contributed by atoms with E-state index in [0.717, 1.165) is 17.5 Å². The van der Waals surface area contributed by atoms with Gasteiger partial charge in [0.25, 0.3) is 17.7 Å². The highest BCUT2D eigenvalue weighted by Crippen LogP contribution is 2.25. The van der Waals surface area contributed by atoms with Crippen LogP contribution in [0.5, 0.6) is 0 Å². The Bertz CT molecular complexity index is 1060. The zero-order valence-electron chi connectivity index (χ0n) is 15.8. The second-order valence-electron chi connectivity index (χ2n) is 6.93. The summed E-state index contributed by atoms with van der Waals surface area (Å²) in [6.07, 6.45) is 0.722. The molecule has 0 unspecified atom stereocenters. The first-order valence-corrected chi connectivity index (χ1v) is 9.50. The van der Waals surface area contributed by atoms with E-state index >= 15 is 0 Å². The standard InChI is InChI=1S/C24H20N2O3/c27-22(25-14-13-17-7-3-1-4-8-17)19-11-12-20-21(15-19)24(29)26(23(20)28)16-18-9-5-2-6-10-18/h1-12,15H,13-14,16H2,(H,25,27). The van der Waals surface area contributed by atoms with E-state index in [1.165, 1.54) is 11.0 Å². The quantitative estimate of drug-likeness (QED) is 0.662. The average Bonchev–Trinajstić information content (AvgIpc) is 2.99. The van der Waals surface area contributed by atoms with Gasteiger partial charge in [-0.1, -0.05) is 60.7 Å². The molecule has 3 aromatic carbocycles. The van der Waals surface area contributed by atoms with Crippen molar-refractivity contribution in [3.05, 3.63) is 107 Å². The summed E-state index contributed by atoms with van der Waals surface area (Å²) < 4.78 is 0. The lowest BCUT2D eigenvalue weighted by Crippen LogP contribution is -2.29. The van der Waals surface area contributed by atoms with Crippen molar-refractivity contribution >= 4 is 17.7 Å². The number of amides is 3. The molecule has 1 aliphatic rings. The molecule has 0 fully saturated rings. The number of carbonyl (C=O) groups excluding carboxylic acids is 3. The van der Waals surface area contributed by atoms with Gasteiger partial charge >= 0.3 is 0 Å². The normalized spacial score (nSPS) is 12.8. The first-order valence-electron chi connectivity index (χ1n) is 9.50. The number of nitrogens with zero attached hydrogens (tertiary/aromatic N) is 1. The van der Waals surface area contributed by atoms with E-state index in [-0.39, 0.29) is 29.8 Å². The largest absolute Gasteiger partial charge is 0.352 e. The van der Waals surface area contributed by atoms with Gasteiger partial charge in [-0.2, -0.15) is 0 Å². The van der Waals surface area contributed by atoms with Crippen molar-refractivity contribution in [3.63, 3.8) is 0 Å². The number of fused-ring (bicyclic) bond motifs is 1. The predicted octanol–water partition coefficient (Wildman–Crippen LogP) is 3.46. The van der Waals surface area contributed by atoms with Crippen molar-refractivity contribution in [2.24, 2.45) is 0 Å². The van der Waals surface area contributed by atoms with Gasteiger partial charge < -0.3 is 5.32 Å². The van der Waals surface area contributed by atoms with Gasteiger partial charge in [-0.25, -0.2) is 0 Å². The number of hydrogen-bond acceptors (Lipinski definition) is 3. The van der Waals surface area contributed by atoms with E-state index in [0.29, 0.717) is 17.7 Å². The molecule has 0 aliphatic carbocycles. The summed E-state index contributed by atoms with van der Waals surface area (Å²) >= 11 is 0. The highest BCUT2D eigenvalue weighted by Gasteiger charge is 2.35. The van der Waals surface area contributed by atoms with E-state index in [1.807, 2.05) is 60.7 Å². The summed E-state index contributed by atoms with van der Waals surface area (Å²) in [5.41, 5.74) is 3.01. The average molecular weight is 384 g/mol. The molecule has 1 aliphatic heterocycles. The fourth-order valence-corrected chi connectivity index (χ4v) is 3.41. The van der Waals surface area contributed by atoms with Crippen molar-refractivity contribution in [1.29, 1.82) is 0 Å². The molecule has 29 heavy (non-hydrogen) atoms. The minimum absolute atomic E-state index is 0.214. The smallest absolute Gasteiger partial charge is 0.261 e. The lowest BCUT2D eigenvalue weighted by Gasteiger charge is -2.13. The van der Waals surface area contributed by atoms with E-state index in [4.69, 9.17) is 0 Å². The van der Waals surface area contributed by atoms with Gasteiger partial charge in [0, 0.05) is 12.1 Å². The summed E-state index contributed by atoms with van der Waals surface area (Å²) in [6, 6.07) is 23.9. The molecular weight excluding hydrogens is 364 g/mol. The van der Waals surface area contributed by atoms with E-state index in [2.05, 4.69) is 5.32 Å². The third kappa shape index (κ3) is 3.94. The van der Waals surface area contributed by atoms with Gasteiger partial charge in [-0.3, -0.25) is 19.3 Å². The summed E-state index contributed by atoms with van der Waals surface area (Å²) in [4.78, 5) is 39.1. The molecule has 3 amide bonds. The van der Waals surface area contributed by atoms with E-state index in [1.54, 1.807) is 12.1 Å². The van der Waals surface area contributed by atoms with Crippen molar-refractivity contribution in [2.75, 3.05) is 6.54 Å². The van der Waals surface area contributed by atoms with Gasteiger partial charge in [-0.05, 0) is 35.7 Å². The molecule has 0 radical (unpaired) electrons. The first kappa shape index (κ1) is 18.6. The Kier molecular flexibility index (Phi) is 5.20. The number of imide groups is 1. The van der Waals surface area contributed by atoms with Crippen LogP contribution in [0.4, 0.5) is 0 Å². The number of carbonyl (C=O) groups is 3. The third-order valence-electron chi connectivity index (χ3n) is 4.96. The third-order valence-corrected chi connectivity index (χ3v) is 4.96. The number of nitrogens with one attached hydrogen (secondary N) is 1. The molecule has 0 atom stereocenters. The van der Waals surface area contributed by atoms with E-state index < -0.39 is 0 Å². The minimum atomic E-state index is -0.368. The second kappa shape index (κ2) is 8.10. The Morgan fingerprint density at radius 3 is 2.07 bits per heavy atom. The van der Waals surface area contributed by atoms with Crippen LogP contribution in [-0.2, 0) is 13.0 Å². The molecule has 1 heterocycles.